The third kappa shape index (κ3) is 4.81. The summed E-state index contributed by atoms with van der Waals surface area (Å²) in [5, 5.41) is 9.94. The highest BCUT2D eigenvalue weighted by atomic mass is 31.1. The maximum absolute atomic E-state index is 12.2. The number of rotatable bonds is 6. The quantitative estimate of drug-likeness (QED) is 0.642. The SMILES string of the molecule is Cc1cc(C)c(C[PH](=O)OC(O)Cc2ccccc2)c(C)c1. The molecule has 2 aromatic carbocycles. The molecule has 1 N–H and O–H groups in total. The van der Waals surface area contributed by atoms with Crippen molar-refractivity contribution in [2.75, 3.05) is 0 Å². The number of aryl methyl sites for hydroxylation is 3. The first-order valence-corrected chi connectivity index (χ1v) is 8.96. The molecule has 0 aliphatic carbocycles. The van der Waals surface area contributed by atoms with Gasteiger partial charge in [-0.1, -0.05) is 48.0 Å². The molecule has 2 aromatic rings. The normalized spacial score (nSPS) is 13.8. The summed E-state index contributed by atoms with van der Waals surface area (Å²) in [6.45, 7) is 6.09. The van der Waals surface area contributed by atoms with Crippen molar-refractivity contribution in [1.29, 1.82) is 0 Å². The van der Waals surface area contributed by atoms with Crippen molar-refractivity contribution in [2.45, 2.75) is 39.6 Å². The van der Waals surface area contributed by atoms with Crippen molar-refractivity contribution >= 4 is 8.03 Å². The van der Waals surface area contributed by atoms with Crippen molar-refractivity contribution in [2.24, 2.45) is 0 Å². The van der Waals surface area contributed by atoms with Crippen LogP contribution in [0.1, 0.15) is 27.8 Å². The largest absolute Gasteiger partial charge is 0.367 e. The van der Waals surface area contributed by atoms with Gasteiger partial charge in [0.15, 0.2) is 14.3 Å². The summed E-state index contributed by atoms with van der Waals surface area (Å²) in [7, 11) is -2.32. The van der Waals surface area contributed by atoms with E-state index in [9.17, 15) is 9.67 Å². The van der Waals surface area contributed by atoms with Gasteiger partial charge in [0.2, 0.25) is 0 Å². The van der Waals surface area contributed by atoms with Crippen LogP contribution in [0.15, 0.2) is 42.5 Å². The van der Waals surface area contributed by atoms with E-state index in [1.165, 1.54) is 5.56 Å². The molecule has 4 heteroatoms. The van der Waals surface area contributed by atoms with Crippen LogP contribution < -0.4 is 0 Å². The van der Waals surface area contributed by atoms with E-state index in [1.807, 2.05) is 51.1 Å². The van der Waals surface area contributed by atoms with Crippen LogP contribution in [0, 0.1) is 20.8 Å². The van der Waals surface area contributed by atoms with E-state index in [1.54, 1.807) is 0 Å². The molecular weight excluding hydrogens is 295 g/mol. The molecular formula is C18H23O3P. The lowest BCUT2D eigenvalue weighted by Gasteiger charge is -2.14. The van der Waals surface area contributed by atoms with Crippen LogP contribution in [0.3, 0.4) is 0 Å². The topological polar surface area (TPSA) is 46.5 Å². The van der Waals surface area contributed by atoms with E-state index in [4.69, 9.17) is 4.52 Å². The summed E-state index contributed by atoms with van der Waals surface area (Å²) >= 11 is 0. The fourth-order valence-electron chi connectivity index (χ4n) is 2.68. The highest BCUT2D eigenvalue weighted by Crippen LogP contribution is 2.33. The predicted molar refractivity (Wildman–Crippen MR) is 90.6 cm³/mol. The van der Waals surface area contributed by atoms with E-state index in [-0.39, 0.29) is 0 Å². The van der Waals surface area contributed by atoms with E-state index < -0.39 is 14.3 Å². The van der Waals surface area contributed by atoms with Gasteiger partial charge in [0, 0.05) is 12.6 Å². The van der Waals surface area contributed by atoms with Gasteiger partial charge in [-0.25, -0.2) is 0 Å². The van der Waals surface area contributed by atoms with Crippen LogP contribution >= 0.6 is 8.03 Å². The summed E-state index contributed by atoms with van der Waals surface area (Å²) in [5.74, 6) is 0. The van der Waals surface area contributed by atoms with Gasteiger partial charge in [-0.3, -0.25) is 9.09 Å². The van der Waals surface area contributed by atoms with Crippen LogP contribution in [0.5, 0.6) is 0 Å². The van der Waals surface area contributed by atoms with E-state index in [2.05, 4.69) is 12.1 Å². The first-order chi connectivity index (χ1) is 10.5. The predicted octanol–water partition coefficient (Wildman–Crippen LogP) is 4.16. The van der Waals surface area contributed by atoms with E-state index in [0.29, 0.717) is 12.6 Å². The molecule has 2 rings (SSSR count). The van der Waals surface area contributed by atoms with Crippen LogP contribution in [-0.2, 0) is 21.7 Å². The highest BCUT2D eigenvalue weighted by molar-refractivity contribution is 7.38. The van der Waals surface area contributed by atoms with E-state index >= 15 is 0 Å². The minimum absolute atomic E-state index is 0.350. The van der Waals surface area contributed by atoms with Crippen molar-refractivity contribution in [1.82, 2.24) is 0 Å². The van der Waals surface area contributed by atoms with Crippen LogP contribution in [-0.4, -0.2) is 11.4 Å². The molecule has 0 amide bonds. The lowest BCUT2D eigenvalue weighted by Crippen LogP contribution is -2.11. The molecule has 0 aromatic heterocycles. The average molecular weight is 318 g/mol. The zero-order valence-corrected chi connectivity index (χ0v) is 14.3. The summed E-state index contributed by atoms with van der Waals surface area (Å²) < 4.78 is 17.5. The summed E-state index contributed by atoms with van der Waals surface area (Å²) in [5.41, 5.74) is 5.46. The third-order valence-electron chi connectivity index (χ3n) is 3.68. The monoisotopic (exact) mass is 318 g/mol. The molecule has 0 fully saturated rings. The lowest BCUT2D eigenvalue weighted by molar-refractivity contribution is -0.00964. The van der Waals surface area contributed by atoms with Gasteiger partial charge in [-0.2, -0.15) is 0 Å². The first kappa shape index (κ1) is 17.0. The smallest absolute Gasteiger partial charge is 0.198 e. The molecule has 0 saturated carbocycles. The molecule has 0 saturated heterocycles. The van der Waals surface area contributed by atoms with Crippen molar-refractivity contribution in [3.8, 4) is 0 Å². The molecule has 0 spiro atoms. The molecule has 2 unspecified atom stereocenters. The Morgan fingerprint density at radius 2 is 1.68 bits per heavy atom. The van der Waals surface area contributed by atoms with Gasteiger partial charge in [-0.15, -0.1) is 0 Å². The summed E-state index contributed by atoms with van der Waals surface area (Å²) in [4.78, 5) is 0. The van der Waals surface area contributed by atoms with Crippen LogP contribution in [0.2, 0.25) is 0 Å². The Kier molecular flexibility index (Phi) is 5.96. The van der Waals surface area contributed by atoms with Crippen LogP contribution in [0.4, 0.5) is 0 Å². The minimum atomic E-state index is -2.32. The molecule has 0 aliphatic heterocycles. The molecule has 0 aliphatic rings. The fraction of sp³-hybridized carbons (Fsp3) is 0.333. The molecule has 0 heterocycles. The Morgan fingerprint density at radius 3 is 2.27 bits per heavy atom. The Balaban J connectivity index is 1.96. The number of aliphatic hydroxyl groups is 1. The second kappa shape index (κ2) is 7.73. The van der Waals surface area contributed by atoms with Gasteiger partial charge >= 0.3 is 0 Å². The molecule has 118 valence electrons. The zero-order valence-electron chi connectivity index (χ0n) is 13.3. The van der Waals surface area contributed by atoms with Crippen molar-refractivity contribution in [3.63, 3.8) is 0 Å². The zero-order chi connectivity index (χ0) is 16.1. The Hall–Kier alpha value is -1.41. The lowest BCUT2D eigenvalue weighted by atomic mass is 10.0. The standard InChI is InChI=1S/C18H23O3P/c1-13-9-14(2)17(15(3)10-13)12-22(20)21-18(19)11-16-7-5-4-6-8-16/h4-10,18-19,22H,11-12H2,1-3H3. The number of hydrogen-bond donors (Lipinski definition) is 1. The second-order valence-corrected chi connectivity index (χ2v) is 7.02. The number of aliphatic hydroxyl groups excluding tert-OH is 1. The Labute approximate surface area is 132 Å². The van der Waals surface area contributed by atoms with Crippen LogP contribution in [0.25, 0.3) is 0 Å². The van der Waals surface area contributed by atoms with Gasteiger partial charge in [0.25, 0.3) is 0 Å². The van der Waals surface area contributed by atoms with Crippen molar-refractivity contribution in [3.05, 3.63) is 70.3 Å². The van der Waals surface area contributed by atoms with Gasteiger partial charge in [0.05, 0.1) is 0 Å². The molecule has 22 heavy (non-hydrogen) atoms. The average Bonchev–Trinajstić information content (AvgIpc) is 2.43. The maximum atomic E-state index is 12.2. The Bertz CT molecular complexity index is 630. The summed E-state index contributed by atoms with van der Waals surface area (Å²) in [6, 6.07) is 13.7. The van der Waals surface area contributed by atoms with Gasteiger partial charge < -0.3 is 5.11 Å². The number of hydrogen-bond acceptors (Lipinski definition) is 3. The van der Waals surface area contributed by atoms with Gasteiger partial charge in [0.1, 0.15) is 0 Å². The molecule has 0 radical (unpaired) electrons. The Morgan fingerprint density at radius 1 is 1.09 bits per heavy atom. The van der Waals surface area contributed by atoms with Crippen molar-refractivity contribution < 1.29 is 14.2 Å². The maximum Gasteiger partial charge on any atom is 0.198 e. The number of benzene rings is 2. The third-order valence-corrected chi connectivity index (χ3v) is 4.86. The fourth-order valence-corrected chi connectivity index (χ4v) is 4.00. The molecule has 2 atom stereocenters. The van der Waals surface area contributed by atoms with E-state index in [0.717, 1.165) is 22.3 Å². The molecule has 3 nitrogen and oxygen atoms in total. The highest BCUT2D eigenvalue weighted by Gasteiger charge is 2.13. The van der Waals surface area contributed by atoms with Gasteiger partial charge in [-0.05, 0) is 43.0 Å². The first-order valence-electron chi connectivity index (χ1n) is 7.44. The molecule has 0 bridgehead atoms. The summed E-state index contributed by atoms with van der Waals surface area (Å²) in [6.07, 6.45) is -0.308. The second-order valence-electron chi connectivity index (χ2n) is 5.69. The minimum Gasteiger partial charge on any atom is -0.367 e.